The summed E-state index contributed by atoms with van der Waals surface area (Å²) in [5, 5.41) is 14.3. The number of nitrogens with two attached hydrogens (primary N) is 1. The van der Waals surface area contributed by atoms with Crippen molar-refractivity contribution in [3.8, 4) is 0 Å². The Balaban J connectivity index is 2.86. The first kappa shape index (κ1) is 26.9. The van der Waals surface area contributed by atoms with Crippen LogP contribution in [0.4, 0.5) is 0 Å². The molecule has 1 heterocycles. The number of rotatable bonds is 13. The topological polar surface area (TPSA) is 142 Å². The number of carboxylic acid groups (broad SMARTS) is 1. The number of thiol groups is 1. The Labute approximate surface area is 191 Å². The van der Waals surface area contributed by atoms with Gasteiger partial charge in [-0.3, -0.25) is 14.4 Å². The van der Waals surface area contributed by atoms with Crippen LogP contribution in [0, 0.1) is 0 Å². The monoisotopic (exact) mass is 480 g/mol. The standard InChI is InChI=1S/C18H32N4O5S3/c1-29-8-5-11(19)15(23)20-12(6-9-30-2)17(25)22-7-3-4-14(22)16(24)21-13(10-28)18(26)27/h11-14,28H,3-10,19H2,1-2H3,(H,20,23)(H,21,24)(H,26,27). The number of hydrogen-bond donors (Lipinski definition) is 5. The van der Waals surface area contributed by atoms with Gasteiger partial charge in [-0.2, -0.15) is 36.2 Å². The molecule has 0 saturated carbocycles. The van der Waals surface area contributed by atoms with E-state index in [0.717, 1.165) is 5.75 Å². The minimum absolute atomic E-state index is 0.0535. The van der Waals surface area contributed by atoms with Gasteiger partial charge < -0.3 is 26.4 Å². The quantitative estimate of drug-likeness (QED) is 0.228. The van der Waals surface area contributed by atoms with Crippen molar-refractivity contribution in [3.63, 3.8) is 0 Å². The second kappa shape index (κ2) is 14.0. The molecule has 0 aromatic carbocycles. The van der Waals surface area contributed by atoms with Crippen molar-refractivity contribution in [3.05, 3.63) is 0 Å². The Kier molecular flexibility index (Phi) is 12.6. The zero-order valence-electron chi connectivity index (χ0n) is 17.3. The number of nitrogens with zero attached hydrogens (tertiary/aromatic N) is 1. The largest absolute Gasteiger partial charge is 0.480 e. The summed E-state index contributed by atoms with van der Waals surface area (Å²) in [5.41, 5.74) is 5.93. The summed E-state index contributed by atoms with van der Waals surface area (Å²) in [6.07, 6.45) is 5.82. The van der Waals surface area contributed by atoms with Gasteiger partial charge in [0.1, 0.15) is 18.1 Å². The normalized spacial score (nSPS) is 19.1. The molecule has 0 radical (unpaired) electrons. The lowest BCUT2D eigenvalue weighted by molar-refractivity contribution is -0.144. The Hall–Kier alpha value is -1.11. The molecule has 0 bridgehead atoms. The van der Waals surface area contributed by atoms with Gasteiger partial charge in [-0.05, 0) is 49.7 Å². The highest BCUT2D eigenvalue weighted by atomic mass is 32.2. The maximum atomic E-state index is 13.2. The highest BCUT2D eigenvalue weighted by molar-refractivity contribution is 7.98. The van der Waals surface area contributed by atoms with Crippen LogP contribution >= 0.6 is 36.2 Å². The van der Waals surface area contributed by atoms with Gasteiger partial charge in [0.25, 0.3) is 0 Å². The molecule has 1 aliphatic heterocycles. The van der Waals surface area contributed by atoms with Gasteiger partial charge in [0, 0.05) is 12.3 Å². The van der Waals surface area contributed by atoms with E-state index in [0.29, 0.717) is 38.0 Å². The molecule has 4 unspecified atom stereocenters. The van der Waals surface area contributed by atoms with E-state index in [1.807, 2.05) is 12.5 Å². The molecule has 5 N–H and O–H groups in total. The number of carboxylic acids is 1. The molecule has 3 amide bonds. The maximum Gasteiger partial charge on any atom is 0.327 e. The van der Waals surface area contributed by atoms with Gasteiger partial charge in [0.2, 0.25) is 17.7 Å². The number of nitrogens with one attached hydrogen (secondary N) is 2. The molecule has 12 heteroatoms. The van der Waals surface area contributed by atoms with Crippen molar-refractivity contribution in [2.45, 2.75) is 49.9 Å². The number of carbonyl (C=O) groups is 4. The zero-order valence-corrected chi connectivity index (χ0v) is 19.9. The first-order valence-corrected chi connectivity index (χ1v) is 13.2. The van der Waals surface area contributed by atoms with E-state index in [4.69, 9.17) is 10.8 Å². The fraction of sp³-hybridized carbons (Fsp3) is 0.778. The van der Waals surface area contributed by atoms with Gasteiger partial charge in [0.15, 0.2) is 0 Å². The Morgan fingerprint density at radius 3 is 2.33 bits per heavy atom. The van der Waals surface area contributed by atoms with Crippen molar-refractivity contribution in [2.75, 3.05) is 36.3 Å². The fourth-order valence-corrected chi connectivity index (χ4v) is 4.31. The molecule has 1 rings (SSSR count). The van der Waals surface area contributed by atoms with Crippen LogP contribution in [-0.4, -0.2) is 94.2 Å². The smallest absolute Gasteiger partial charge is 0.327 e. The molecule has 1 fully saturated rings. The van der Waals surface area contributed by atoms with E-state index in [2.05, 4.69) is 23.3 Å². The summed E-state index contributed by atoms with van der Waals surface area (Å²) in [5.74, 6) is -1.09. The summed E-state index contributed by atoms with van der Waals surface area (Å²) >= 11 is 7.09. The number of amides is 3. The SMILES string of the molecule is CSCCC(N)C(=O)NC(CCSC)C(=O)N1CCCC1C(=O)NC(CS)C(=O)O. The molecule has 9 nitrogen and oxygen atoms in total. The van der Waals surface area contributed by atoms with Crippen LogP contribution < -0.4 is 16.4 Å². The predicted molar refractivity (Wildman–Crippen MR) is 124 cm³/mol. The van der Waals surface area contributed by atoms with E-state index in [1.165, 1.54) is 4.90 Å². The van der Waals surface area contributed by atoms with Gasteiger partial charge in [-0.1, -0.05) is 0 Å². The lowest BCUT2D eigenvalue weighted by Gasteiger charge is -2.29. The molecular formula is C18H32N4O5S3. The van der Waals surface area contributed by atoms with Crippen LogP contribution in [0.15, 0.2) is 0 Å². The molecule has 172 valence electrons. The third kappa shape index (κ3) is 8.20. The van der Waals surface area contributed by atoms with Gasteiger partial charge in [0.05, 0.1) is 6.04 Å². The third-order valence-corrected chi connectivity index (χ3v) is 6.48. The minimum Gasteiger partial charge on any atom is -0.480 e. The summed E-state index contributed by atoms with van der Waals surface area (Å²) < 4.78 is 0. The van der Waals surface area contributed by atoms with E-state index in [9.17, 15) is 19.2 Å². The molecule has 1 saturated heterocycles. The lowest BCUT2D eigenvalue weighted by atomic mass is 10.1. The summed E-state index contributed by atoms with van der Waals surface area (Å²) in [4.78, 5) is 50.8. The number of aliphatic carboxylic acids is 1. The fourth-order valence-electron chi connectivity index (χ4n) is 3.10. The van der Waals surface area contributed by atoms with Crippen LogP contribution in [0.3, 0.4) is 0 Å². The minimum atomic E-state index is -1.18. The van der Waals surface area contributed by atoms with Crippen molar-refractivity contribution in [1.29, 1.82) is 0 Å². The molecule has 0 aromatic heterocycles. The molecule has 0 aromatic rings. The molecule has 0 spiro atoms. The van der Waals surface area contributed by atoms with Gasteiger partial charge >= 0.3 is 5.97 Å². The Morgan fingerprint density at radius 2 is 1.77 bits per heavy atom. The molecular weight excluding hydrogens is 448 g/mol. The van der Waals surface area contributed by atoms with Gasteiger partial charge in [-0.15, -0.1) is 0 Å². The van der Waals surface area contributed by atoms with E-state index >= 15 is 0 Å². The lowest BCUT2D eigenvalue weighted by Crippen LogP contribution is -2.57. The van der Waals surface area contributed by atoms with Crippen molar-refractivity contribution in [1.82, 2.24) is 15.5 Å². The first-order chi connectivity index (χ1) is 14.3. The van der Waals surface area contributed by atoms with Crippen LogP contribution in [0.1, 0.15) is 25.7 Å². The average Bonchev–Trinajstić information content (AvgIpc) is 3.21. The summed E-state index contributed by atoms with van der Waals surface area (Å²) in [6, 6.07) is -3.37. The van der Waals surface area contributed by atoms with E-state index < -0.39 is 36.0 Å². The summed E-state index contributed by atoms with van der Waals surface area (Å²) in [7, 11) is 0. The van der Waals surface area contributed by atoms with E-state index in [1.54, 1.807) is 23.5 Å². The second-order valence-electron chi connectivity index (χ2n) is 7.00. The van der Waals surface area contributed by atoms with Crippen molar-refractivity contribution < 1.29 is 24.3 Å². The van der Waals surface area contributed by atoms with Crippen LogP contribution in [0.25, 0.3) is 0 Å². The second-order valence-corrected chi connectivity index (χ2v) is 9.34. The van der Waals surface area contributed by atoms with Crippen LogP contribution in [0.2, 0.25) is 0 Å². The number of carbonyl (C=O) groups excluding carboxylic acids is 3. The molecule has 0 aliphatic carbocycles. The molecule has 1 aliphatic rings. The number of likely N-dealkylation sites (tertiary alicyclic amines) is 1. The van der Waals surface area contributed by atoms with Crippen molar-refractivity contribution in [2.24, 2.45) is 5.73 Å². The highest BCUT2D eigenvalue weighted by Gasteiger charge is 2.38. The van der Waals surface area contributed by atoms with E-state index in [-0.39, 0.29) is 17.6 Å². The van der Waals surface area contributed by atoms with Crippen molar-refractivity contribution >= 4 is 59.8 Å². The number of thioether (sulfide) groups is 2. The maximum absolute atomic E-state index is 13.2. The number of hydrogen-bond acceptors (Lipinski definition) is 8. The molecule has 4 atom stereocenters. The van der Waals surface area contributed by atoms with Crippen LogP contribution in [0.5, 0.6) is 0 Å². The van der Waals surface area contributed by atoms with Crippen LogP contribution in [-0.2, 0) is 19.2 Å². The Bertz CT molecular complexity index is 610. The highest BCUT2D eigenvalue weighted by Crippen LogP contribution is 2.20. The first-order valence-electron chi connectivity index (χ1n) is 9.75. The third-order valence-electron chi connectivity index (χ3n) is 4.83. The predicted octanol–water partition coefficient (Wildman–Crippen LogP) is -0.205. The average molecular weight is 481 g/mol. The molecule has 30 heavy (non-hydrogen) atoms. The Morgan fingerprint density at radius 1 is 1.13 bits per heavy atom. The summed E-state index contributed by atoms with van der Waals surface area (Å²) in [6.45, 7) is 0.375. The zero-order chi connectivity index (χ0) is 22.7. The van der Waals surface area contributed by atoms with Gasteiger partial charge in [-0.25, -0.2) is 4.79 Å².